The van der Waals surface area contributed by atoms with Gasteiger partial charge in [-0.1, -0.05) is 35.0 Å². The molecule has 0 radical (unpaired) electrons. The van der Waals surface area contributed by atoms with E-state index in [1.807, 2.05) is 0 Å². The Labute approximate surface area is 144 Å². The number of sulfone groups is 1. The van der Waals surface area contributed by atoms with Crippen LogP contribution >= 0.6 is 15.9 Å². The molecule has 0 aliphatic carbocycles. The first-order chi connectivity index (χ1) is 10.6. The van der Waals surface area contributed by atoms with Gasteiger partial charge in [-0.25, -0.2) is 8.42 Å². The highest BCUT2D eigenvalue weighted by Crippen LogP contribution is 2.21. The highest BCUT2D eigenvalue weighted by molar-refractivity contribution is 9.10. The summed E-state index contributed by atoms with van der Waals surface area (Å²) in [7, 11) is -1.99. The molecule has 2 atom stereocenters. The fourth-order valence-corrected chi connectivity index (χ4v) is 3.37. The number of carbonyl (C=O) groups excluding carboxylic acids is 2. The van der Waals surface area contributed by atoms with Crippen LogP contribution in [0.4, 0.5) is 0 Å². The van der Waals surface area contributed by atoms with Crippen LogP contribution in [0.3, 0.4) is 0 Å². The van der Waals surface area contributed by atoms with Gasteiger partial charge in [0, 0.05) is 16.6 Å². The maximum Gasteiger partial charge on any atom is 0.307 e. The van der Waals surface area contributed by atoms with Gasteiger partial charge < -0.3 is 10.1 Å². The second-order valence-electron chi connectivity index (χ2n) is 5.39. The number of hydrogen-bond donors (Lipinski definition) is 1. The van der Waals surface area contributed by atoms with E-state index in [2.05, 4.69) is 26.0 Å². The average Bonchev–Trinajstić information content (AvgIpc) is 2.45. The number of halogens is 1. The van der Waals surface area contributed by atoms with Crippen molar-refractivity contribution in [2.45, 2.75) is 19.4 Å². The number of esters is 1. The summed E-state index contributed by atoms with van der Waals surface area (Å²) in [6, 6.07) is 6.57. The molecule has 0 spiro atoms. The molecule has 6 nitrogen and oxygen atoms in total. The molecule has 0 heterocycles. The lowest BCUT2D eigenvalue weighted by atomic mass is 10.0. The van der Waals surface area contributed by atoms with E-state index in [0.717, 1.165) is 16.3 Å². The van der Waals surface area contributed by atoms with Gasteiger partial charge in [0.25, 0.3) is 0 Å². The van der Waals surface area contributed by atoms with Gasteiger partial charge >= 0.3 is 5.97 Å². The molecular formula is C15H20BrNO5S. The van der Waals surface area contributed by atoms with Crippen LogP contribution in [0.1, 0.15) is 24.9 Å². The van der Waals surface area contributed by atoms with Crippen molar-refractivity contribution in [1.82, 2.24) is 5.32 Å². The molecule has 0 aliphatic rings. The second kappa shape index (κ2) is 8.44. The van der Waals surface area contributed by atoms with Crippen LogP contribution in [0, 0.1) is 5.92 Å². The molecule has 2 unspecified atom stereocenters. The van der Waals surface area contributed by atoms with Crippen LogP contribution < -0.4 is 5.32 Å². The monoisotopic (exact) mass is 405 g/mol. The van der Waals surface area contributed by atoms with Crippen LogP contribution in [0.25, 0.3) is 0 Å². The number of carbonyl (C=O) groups is 2. The summed E-state index contributed by atoms with van der Waals surface area (Å²) in [6.45, 7) is 1.53. The zero-order valence-corrected chi connectivity index (χ0v) is 15.6. The summed E-state index contributed by atoms with van der Waals surface area (Å²) in [5.74, 6) is -1.84. The number of benzene rings is 1. The summed E-state index contributed by atoms with van der Waals surface area (Å²) >= 11 is 3.32. The number of rotatable bonds is 7. The minimum atomic E-state index is -3.26. The average molecular weight is 406 g/mol. The van der Waals surface area contributed by atoms with Crippen molar-refractivity contribution in [3.05, 3.63) is 34.3 Å². The summed E-state index contributed by atoms with van der Waals surface area (Å²) in [5.41, 5.74) is 0.735. The first-order valence-corrected chi connectivity index (χ1v) is 9.78. The summed E-state index contributed by atoms with van der Waals surface area (Å²) < 4.78 is 28.1. The Balaban J connectivity index is 2.90. The highest BCUT2D eigenvalue weighted by atomic mass is 79.9. The van der Waals surface area contributed by atoms with Crippen molar-refractivity contribution in [1.29, 1.82) is 0 Å². The number of ether oxygens (including phenoxy) is 1. The normalized spacial score (nSPS) is 13.9. The third kappa shape index (κ3) is 7.13. The van der Waals surface area contributed by atoms with E-state index in [4.69, 9.17) is 0 Å². The minimum Gasteiger partial charge on any atom is -0.469 e. The van der Waals surface area contributed by atoms with Gasteiger partial charge in [-0.3, -0.25) is 9.59 Å². The van der Waals surface area contributed by atoms with Gasteiger partial charge in [0.15, 0.2) is 0 Å². The fraction of sp³-hybridized carbons (Fsp3) is 0.467. The molecule has 1 aromatic carbocycles. The Morgan fingerprint density at radius 3 is 2.30 bits per heavy atom. The van der Waals surface area contributed by atoms with E-state index < -0.39 is 33.7 Å². The number of hydrogen-bond acceptors (Lipinski definition) is 5. The Hall–Kier alpha value is -1.41. The first kappa shape index (κ1) is 19.6. The third-order valence-electron chi connectivity index (χ3n) is 3.19. The standard InChI is InChI=1S/C15H20BrNO5S/c1-10(9-23(3,20)21)15(19)17-13(8-14(18)22-2)11-4-6-12(16)7-5-11/h4-7,10,13H,8-9H2,1-3H3,(H,17,19). The van der Waals surface area contributed by atoms with Crippen LogP contribution in [-0.2, 0) is 24.2 Å². The van der Waals surface area contributed by atoms with Crippen molar-refractivity contribution in [2.75, 3.05) is 19.1 Å². The SMILES string of the molecule is COC(=O)CC(NC(=O)C(C)CS(C)(=O)=O)c1ccc(Br)cc1. The number of nitrogens with one attached hydrogen (secondary N) is 1. The van der Waals surface area contributed by atoms with Gasteiger partial charge in [0.05, 0.1) is 25.3 Å². The summed E-state index contributed by atoms with van der Waals surface area (Å²) in [6.07, 6.45) is 1.05. The van der Waals surface area contributed by atoms with Crippen LogP contribution in [-0.4, -0.2) is 39.4 Å². The fourth-order valence-electron chi connectivity index (χ4n) is 2.04. The number of methoxy groups -OCH3 is 1. The topological polar surface area (TPSA) is 89.5 Å². The molecule has 1 amide bonds. The highest BCUT2D eigenvalue weighted by Gasteiger charge is 2.24. The van der Waals surface area contributed by atoms with Gasteiger partial charge in [-0.15, -0.1) is 0 Å². The van der Waals surface area contributed by atoms with Crippen molar-refractivity contribution >= 4 is 37.6 Å². The van der Waals surface area contributed by atoms with Crippen molar-refractivity contribution in [3.63, 3.8) is 0 Å². The molecule has 23 heavy (non-hydrogen) atoms. The second-order valence-corrected chi connectivity index (χ2v) is 8.49. The van der Waals surface area contributed by atoms with Gasteiger partial charge in [0.1, 0.15) is 9.84 Å². The quantitative estimate of drug-likeness (QED) is 0.699. The zero-order valence-electron chi connectivity index (χ0n) is 13.2. The molecule has 1 aromatic rings. The molecule has 0 saturated carbocycles. The summed E-state index contributed by atoms with van der Waals surface area (Å²) in [5, 5.41) is 2.72. The Morgan fingerprint density at radius 1 is 1.26 bits per heavy atom. The summed E-state index contributed by atoms with van der Waals surface area (Å²) in [4.78, 5) is 23.8. The van der Waals surface area contributed by atoms with E-state index in [1.165, 1.54) is 14.0 Å². The lowest BCUT2D eigenvalue weighted by molar-refractivity contribution is -0.141. The molecule has 0 aromatic heterocycles. The maximum absolute atomic E-state index is 12.2. The molecule has 0 saturated heterocycles. The number of amides is 1. The molecule has 0 fully saturated rings. The lowest BCUT2D eigenvalue weighted by Crippen LogP contribution is -2.36. The minimum absolute atomic E-state index is 0.0323. The lowest BCUT2D eigenvalue weighted by Gasteiger charge is -2.20. The molecule has 128 valence electrons. The predicted octanol–water partition coefficient (Wildman–Crippen LogP) is 1.85. The maximum atomic E-state index is 12.2. The van der Waals surface area contributed by atoms with E-state index in [0.29, 0.717) is 0 Å². The molecule has 8 heteroatoms. The van der Waals surface area contributed by atoms with E-state index in [-0.39, 0.29) is 12.2 Å². The molecule has 1 N–H and O–H groups in total. The van der Waals surface area contributed by atoms with Crippen molar-refractivity contribution in [3.8, 4) is 0 Å². The van der Waals surface area contributed by atoms with Gasteiger partial charge in [-0.2, -0.15) is 0 Å². The largest absolute Gasteiger partial charge is 0.469 e. The van der Waals surface area contributed by atoms with Gasteiger partial charge in [0.2, 0.25) is 5.91 Å². The van der Waals surface area contributed by atoms with Crippen molar-refractivity contribution in [2.24, 2.45) is 5.92 Å². The molecule has 0 aliphatic heterocycles. The van der Waals surface area contributed by atoms with E-state index >= 15 is 0 Å². The predicted molar refractivity (Wildman–Crippen MR) is 90.5 cm³/mol. The van der Waals surface area contributed by atoms with Crippen LogP contribution in [0.5, 0.6) is 0 Å². The Morgan fingerprint density at radius 2 is 1.83 bits per heavy atom. The first-order valence-electron chi connectivity index (χ1n) is 6.92. The van der Waals surface area contributed by atoms with Crippen LogP contribution in [0.2, 0.25) is 0 Å². The Kier molecular flexibility index (Phi) is 7.21. The smallest absolute Gasteiger partial charge is 0.307 e. The third-order valence-corrected chi connectivity index (χ3v) is 4.82. The van der Waals surface area contributed by atoms with Crippen molar-refractivity contribution < 1.29 is 22.7 Å². The van der Waals surface area contributed by atoms with Gasteiger partial charge in [-0.05, 0) is 17.7 Å². The molecular weight excluding hydrogens is 386 g/mol. The van der Waals surface area contributed by atoms with E-state index in [9.17, 15) is 18.0 Å². The van der Waals surface area contributed by atoms with E-state index in [1.54, 1.807) is 24.3 Å². The molecule has 0 bridgehead atoms. The Bertz CT molecular complexity index is 657. The van der Waals surface area contributed by atoms with Crippen LogP contribution in [0.15, 0.2) is 28.7 Å². The zero-order chi connectivity index (χ0) is 17.6. The molecule has 1 rings (SSSR count).